The van der Waals surface area contributed by atoms with E-state index in [1.165, 1.54) is 6.07 Å². The molecule has 1 atom stereocenters. The summed E-state index contributed by atoms with van der Waals surface area (Å²) >= 11 is 0. The lowest BCUT2D eigenvalue weighted by molar-refractivity contribution is -0.137. The molecule has 0 saturated heterocycles. The van der Waals surface area contributed by atoms with E-state index in [2.05, 4.69) is 15.1 Å². The summed E-state index contributed by atoms with van der Waals surface area (Å²) in [6, 6.07) is 5.12. The zero-order valence-electron chi connectivity index (χ0n) is 12.2. The standard InChI is InChI=1S/C15H13F3N4O/c1-10(11-3-2-4-12(7-11)15(16,17)18)14-20-13(21-23-14)8-22-6-5-19-9-22/h2-7,9-10H,8H2,1H3. The Morgan fingerprint density at radius 2 is 2.13 bits per heavy atom. The van der Waals surface area contributed by atoms with E-state index in [9.17, 15) is 13.2 Å². The Morgan fingerprint density at radius 1 is 1.30 bits per heavy atom. The van der Waals surface area contributed by atoms with Gasteiger partial charge in [0.05, 0.1) is 24.4 Å². The summed E-state index contributed by atoms with van der Waals surface area (Å²) in [5.74, 6) is 0.289. The molecule has 0 radical (unpaired) electrons. The topological polar surface area (TPSA) is 56.7 Å². The highest BCUT2D eigenvalue weighted by molar-refractivity contribution is 5.30. The molecule has 0 aliphatic rings. The summed E-state index contributed by atoms with van der Waals surface area (Å²) in [6.07, 6.45) is 0.627. The highest BCUT2D eigenvalue weighted by Crippen LogP contribution is 2.32. The van der Waals surface area contributed by atoms with E-state index in [-0.39, 0.29) is 5.89 Å². The van der Waals surface area contributed by atoms with Crippen molar-refractivity contribution in [3.63, 3.8) is 0 Å². The SMILES string of the molecule is CC(c1cccc(C(F)(F)F)c1)c1nc(Cn2ccnc2)no1. The molecule has 0 amide bonds. The van der Waals surface area contributed by atoms with Crippen molar-refractivity contribution in [3.05, 3.63) is 65.8 Å². The maximum absolute atomic E-state index is 12.8. The van der Waals surface area contributed by atoms with Gasteiger partial charge in [0.25, 0.3) is 0 Å². The van der Waals surface area contributed by atoms with E-state index < -0.39 is 17.7 Å². The third kappa shape index (κ3) is 3.41. The van der Waals surface area contributed by atoms with Gasteiger partial charge in [0.2, 0.25) is 5.89 Å². The van der Waals surface area contributed by atoms with Gasteiger partial charge >= 0.3 is 6.18 Å². The van der Waals surface area contributed by atoms with E-state index in [1.807, 2.05) is 0 Å². The normalized spacial score (nSPS) is 13.2. The molecule has 2 aromatic heterocycles. The number of aromatic nitrogens is 4. The number of alkyl halides is 3. The van der Waals surface area contributed by atoms with E-state index in [4.69, 9.17) is 4.52 Å². The fourth-order valence-corrected chi connectivity index (χ4v) is 2.18. The van der Waals surface area contributed by atoms with Crippen molar-refractivity contribution in [2.45, 2.75) is 25.6 Å². The van der Waals surface area contributed by atoms with Gasteiger partial charge in [-0.2, -0.15) is 18.2 Å². The van der Waals surface area contributed by atoms with E-state index >= 15 is 0 Å². The average molecular weight is 322 g/mol. The lowest BCUT2D eigenvalue weighted by Crippen LogP contribution is -2.06. The number of imidazole rings is 1. The van der Waals surface area contributed by atoms with Gasteiger partial charge in [-0.05, 0) is 18.6 Å². The van der Waals surface area contributed by atoms with Gasteiger partial charge < -0.3 is 9.09 Å². The van der Waals surface area contributed by atoms with Crippen molar-refractivity contribution in [2.24, 2.45) is 0 Å². The predicted molar refractivity (Wildman–Crippen MR) is 74.6 cm³/mol. The maximum Gasteiger partial charge on any atom is 0.416 e. The van der Waals surface area contributed by atoms with Crippen molar-refractivity contribution >= 4 is 0 Å². The molecule has 0 bridgehead atoms. The largest absolute Gasteiger partial charge is 0.416 e. The molecule has 0 aliphatic heterocycles. The second kappa shape index (κ2) is 5.86. The first-order chi connectivity index (χ1) is 10.9. The molecule has 3 rings (SSSR count). The molecule has 120 valence electrons. The molecule has 0 N–H and O–H groups in total. The number of rotatable bonds is 4. The third-order valence-electron chi connectivity index (χ3n) is 3.45. The Balaban J connectivity index is 1.81. The van der Waals surface area contributed by atoms with Crippen LogP contribution in [0, 0.1) is 0 Å². The van der Waals surface area contributed by atoms with Crippen LogP contribution >= 0.6 is 0 Å². The van der Waals surface area contributed by atoms with E-state index in [1.54, 1.807) is 36.3 Å². The molecule has 23 heavy (non-hydrogen) atoms. The average Bonchev–Trinajstić information content (AvgIpc) is 3.18. The summed E-state index contributed by atoms with van der Waals surface area (Å²) in [7, 11) is 0. The van der Waals surface area contributed by atoms with Crippen LogP contribution in [0.5, 0.6) is 0 Å². The molecule has 0 aliphatic carbocycles. The Labute approximate surface area is 129 Å². The fourth-order valence-electron chi connectivity index (χ4n) is 2.18. The smallest absolute Gasteiger partial charge is 0.339 e. The van der Waals surface area contributed by atoms with Gasteiger partial charge in [-0.3, -0.25) is 0 Å². The van der Waals surface area contributed by atoms with Crippen LogP contribution < -0.4 is 0 Å². The van der Waals surface area contributed by atoms with Crippen molar-refractivity contribution in [2.75, 3.05) is 0 Å². The summed E-state index contributed by atoms with van der Waals surface area (Å²) in [6.45, 7) is 2.11. The second-order valence-electron chi connectivity index (χ2n) is 5.13. The molecule has 0 spiro atoms. The minimum absolute atomic E-state index is 0.277. The third-order valence-corrected chi connectivity index (χ3v) is 3.45. The fraction of sp³-hybridized carbons (Fsp3) is 0.267. The van der Waals surface area contributed by atoms with Crippen LogP contribution in [0.25, 0.3) is 0 Å². The van der Waals surface area contributed by atoms with Crippen molar-refractivity contribution in [1.29, 1.82) is 0 Å². The van der Waals surface area contributed by atoms with Crippen LogP contribution in [0.2, 0.25) is 0 Å². The highest BCUT2D eigenvalue weighted by Gasteiger charge is 2.31. The number of nitrogens with zero attached hydrogens (tertiary/aromatic N) is 4. The van der Waals surface area contributed by atoms with Gasteiger partial charge in [-0.15, -0.1) is 0 Å². The molecule has 0 fully saturated rings. The zero-order chi connectivity index (χ0) is 16.4. The minimum atomic E-state index is -4.38. The molecule has 0 saturated carbocycles. The highest BCUT2D eigenvalue weighted by atomic mass is 19.4. The van der Waals surface area contributed by atoms with Crippen LogP contribution in [0.4, 0.5) is 13.2 Å². The van der Waals surface area contributed by atoms with Crippen molar-refractivity contribution in [3.8, 4) is 0 Å². The zero-order valence-corrected chi connectivity index (χ0v) is 12.2. The lowest BCUT2D eigenvalue weighted by atomic mass is 9.99. The maximum atomic E-state index is 12.8. The molecule has 3 aromatic rings. The van der Waals surface area contributed by atoms with Gasteiger partial charge in [-0.25, -0.2) is 4.98 Å². The lowest BCUT2D eigenvalue weighted by Gasteiger charge is -2.11. The quantitative estimate of drug-likeness (QED) is 0.738. The van der Waals surface area contributed by atoms with Crippen LogP contribution in [0.15, 0.2) is 47.5 Å². The van der Waals surface area contributed by atoms with Crippen LogP contribution in [-0.2, 0) is 12.7 Å². The van der Waals surface area contributed by atoms with Crippen molar-refractivity contribution < 1.29 is 17.7 Å². The molecule has 5 nitrogen and oxygen atoms in total. The van der Waals surface area contributed by atoms with E-state index in [0.717, 1.165) is 12.1 Å². The van der Waals surface area contributed by atoms with Gasteiger partial charge in [-0.1, -0.05) is 23.4 Å². The Hall–Kier alpha value is -2.64. The summed E-state index contributed by atoms with van der Waals surface area (Å²) in [4.78, 5) is 8.16. The Kier molecular flexibility index (Phi) is 3.89. The monoisotopic (exact) mass is 322 g/mol. The van der Waals surface area contributed by atoms with Gasteiger partial charge in [0.15, 0.2) is 5.82 Å². The number of halogens is 3. The number of hydrogen-bond donors (Lipinski definition) is 0. The first-order valence-corrected chi connectivity index (χ1v) is 6.89. The Bertz CT molecular complexity index is 780. The van der Waals surface area contributed by atoms with Crippen molar-refractivity contribution in [1.82, 2.24) is 19.7 Å². The summed E-state index contributed by atoms with van der Waals surface area (Å²) in [5.41, 5.74) is -0.224. The molecule has 2 heterocycles. The second-order valence-corrected chi connectivity index (χ2v) is 5.13. The number of hydrogen-bond acceptors (Lipinski definition) is 4. The molecule has 8 heteroatoms. The summed E-state index contributed by atoms with van der Waals surface area (Å²) in [5, 5.41) is 3.85. The van der Waals surface area contributed by atoms with Gasteiger partial charge in [0, 0.05) is 12.4 Å². The minimum Gasteiger partial charge on any atom is -0.339 e. The van der Waals surface area contributed by atoms with Crippen LogP contribution in [0.1, 0.15) is 35.7 Å². The molecule has 1 aromatic carbocycles. The van der Waals surface area contributed by atoms with Crippen LogP contribution in [0.3, 0.4) is 0 Å². The number of benzene rings is 1. The first-order valence-electron chi connectivity index (χ1n) is 6.89. The molecular weight excluding hydrogens is 309 g/mol. The molecular formula is C15H13F3N4O. The molecule has 1 unspecified atom stereocenters. The van der Waals surface area contributed by atoms with Crippen LogP contribution in [-0.4, -0.2) is 19.7 Å². The predicted octanol–water partition coefficient (Wildman–Crippen LogP) is 3.49. The summed E-state index contributed by atoms with van der Waals surface area (Å²) < 4.78 is 45.3. The first kappa shape index (κ1) is 15.3. The van der Waals surface area contributed by atoms with Gasteiger partial charge in [0.1, 0.15) is 0 Å². The Morgan fingerprint density at radius 3 is 2.83 bits per heavy atom. The van der Waals surface area contributed by atoms with E-state index in [0.29, 0.717) is 17.9 Å².